The Hall–Kier alpha value is -2.56. The van der Waals surface area contributed by atoms with E-state index in [0.717, 1.165) is 25.7 Å². The van der Waals surface area contributed by atoms with Crippen LogP contribution in [-0.2, 0) is 26.2 Å². The van der Waals surface area contributed by atoms with E-state index in [1.165, 1.54) is 24.5 Å². The topological polar surface area (TPSA) is 68.5 Å². The first-order valence-electron chi connectivity index (χ1n) is 9.49. The molecule has 1 saturated carbocycles. The number of ether oxygens (including phenoxy) is 1. The summed E-state index contributed by atoms with van der Waals surface area (Å²) in [6.07, 6.45) is 6.11. The second kappa shape index (κ2) is 8.42. The molecule has 2 aromatic rings. The highest BCUT2D eigenvalue weighted by Gasteiger charge is 2.37. The van der Waals surface area contributed by atoms with E-state index in [1.807, 2.05) is 0 Å². The van der Waals surface area contributed by atoms with Crippen molar-refractivity contribution in [2.24, 2.45) is 5.92 Å². The molecule has 5 nitrogen and oxygen atoms in total. The zero-order valence-corrected chi connectivity index (χ0v) is 16.0. The van der Waals surface area contributed by atoms with Crippen LogP contribution in [0.3, 0.4) is 0 Å². The van der Waals surface area contributed by atoms with Crippen LogP contribution in [0, 0.1) is 12.8 Å². The summed E-state index contributed by atoms with van der Waals surface area (Å²) in [7, 11) is 1.30. The van der Waals surface area contributed by atoms with Crippen molar-refractivity contribution >= 4 is 11.9 Å². The van der Waals surface area contributed by atoms with E-state index >= 15 is 0 Å². The molecule has 1 atom stereocenters. The number of rotatable bonds is 7. The van der Waals surface area contributed by atoms with Gasteiger partial charge in [0.1, 0.15) is 11.7 Å². The van der Waals surface area contributed by atoms with Gasteiger partial charge in [-0.25, -0.2) is 0 Å². The second-order valence-corrected chi connectivity index (χ2v) is 7.43. The van der Waals surface area contributed by atoms with E-state index in [-0.39, 0.29) is 17.7 Å². The van der Waals surface area contributed by atoms with Crippen LogP contribution in [0.4, 0.5) is 0 Å². The largest absolute Gasteiger partial charge is 0.469 e. The van der Waals surface area contributed by atoms with Gasteiger partial charge >= 0.3 is 5.97 Å². The second-order valence-electron chi connectivity index (χ2n) is 7.43. The third-order valence-electron chi connectivity index (χ3n) is 5.58. The molecule has 3 rings (SSSR count). The van der Waals surface area contributed by atoms with E-state index in [1.54, 1.807) is 12.1 Å². The van der Waals surface area contributed by atoms with Gasteiger partial charge in [-0.05, 0) is 37.5 Å². The van der Waals surface area contributed by atoms with E-state index in [9.17, 15) is 9.59 Å². The average Bonchev–Trinajstić information content (AvgIpc) is 3.36. The van der Waals surface area contributed by atoms with Crippen molar-refractivity contribution < 1.29 is 18.7 Å². The molecule has 0 spiro atoms. The third-order valence-corrected chi connectivity index (χ3v) is 5.58. The Kier molecular flexibility index (Phi) is 5.99. The normalized spacial score (nSPS) is 16.7. The van der Waals surface area contributed by atoms with Crippen molar-refractivity contribution in [3.05, 3.63) is 59.5 Å². The molecule has 0 radical (unpaired) electrons. The smallest absolute Gasteiger partial charge is 0.318 e. The van der Waals surface area contributed by atoms with Gasteiger partial charge in [0.05, 0.1) is 13.4 Å². The van der Waals surface area contributed by atoms with Crippen LogP contribution in [0.15, 0.2) is 47.1 Å². The number of methoxy groups -OCH3 is 1. The zero-order valence-electron chi connectivity index (χ0n) is 16.0. The van der Waals surface area contributed by atoms with Gasteiger partial charge in [-0.1, -0.05) is 42.7 Å². The maximum Gasteiger partial charge on any atom is 0.318 e. The highest BCUT2D eigenvalue weighted by Crippen LogP contribution is 2.40. The lowest BCUT2D eigenvalue weighted by Gasteiger charge is -2.31. The van der Waals surface area contributed by atoms with Crippen molar-refractivity contribution in [2.75, 3.05) is 13.7 Å². The highest BCUT2D eigenvalue weighted by atomic mass is 16.5. The molecule has 1 heterocycles. The van der Waals surface area contributed by atoms with Crippen LogP contribution in [0.1, 0.15) is 42.6 Å². The Labute approximate surface area is 160 Å². The summed E-state index contributed by atoms with van der Waals surface area (Å²) in [5, 5.41) is 3.03. The van der Waals surface area contributed by atoms with Crippen LogP contribution >= 0.6 is 0 Å². The van der Waals surface area contributed by atoms with E-state index in [0.29, 0.717) is 12.3 Å². The molecule has 5 heteroatoms. The number of aryl methyl sites for hydroxylation is 1. The molecule has 1 amide bonds. The number of amides is 1. The lowest BCUT2D eigenvalue weighted by molar-refractivity contribution is -0.150. The molecule has 1 N–H and O–H groups in total. The fourth-order valence-corrected chi connectivity index (χ4v) is 4.03. The van der Waals surface area contributed by atoms with E-state index < -0.39 is 11.9 Å². The minimum Gasteiger partial charge on any atom is -0.469 e. The Bertz CT molecular complexity index is 775. The molecule has 144 valence electrons. The average molecular weight is 369 g/mol. The van der Waals surface area contributed by atoms with Crippen LogP contribution < -0.4 is 5.32 Å². The molecular weight excluding hydrogens is 342 g/mol. The minimum atomic E-state index is -0.905. The van der Waals surface area contributed by atoms with E-state index in [4.69, 9.17) is 9.15 Å². The Morgan fingerprint density at radius 1 is 1.22 bits per heavy atom. The summed E-state index contributed by atoms with van der Waals surface area (Å²) in [6.45, 7) is 2.61. The number of hydrogen-bond donors (Lipinski definition) is 1. The lowest BCUT2D eigenvalue weighted by atomic mass is 9.78. The van der Waals surface area contributed by atoms with Gasteiger partial charge in [-0.15, -0.1) is 0 Å². The fourth-order valence-electron chi connectivity index (χ4n) is 4.03. The standard InChI is InChI=1S/C22H27NO4/c1-16-7-5-8-17(13-16)22(10-3-4-11-22)15-23-20(24)19(21(25)26-2)14-18-9-6-12-27-18/h5-9,12-13,19H,3-4,10-11,14-15H2,1-2H3,(H,23,24)/t19-/m0/s1. The summed E-state index contributed by atoms with van der Waals surface area (Å²) in [4.78, 5) is 25.0. The number of benzene rings is 1. The molecule has 0 aliphatic heterocycles. The predicted octanol–water partition coefficient (Wildman–Crippen LogP) is 3.55. The number of carbonyl (C=O) groups is 2. The predicted molar refractivity (Wildman–Crippen MR) is 102 cm³/mol. The number of nitrogens with one attached hydrogen (secondary N) is 1. The molecule has 1 aromatic carbocycles. The molecule has 1 aliphatic rings. The Morgan fingerprint density at radius 3 is 2.63 bits per heavy atom. The van der Waals surface area contributed by atoms with Gasteiger partial charge in [0.2, 0.25) is 5.91 Å². The summed E-state index contributed by atoms with van der Waals surface area (Å²) in [5.74, 6) is -1.16. The maximum absolute atomic E-state index is 12.8. The first-order chi connectivity index (χ1) is 13.0. The maximum atomic E-state index is 12.8. The summed E-state index contributed by atoms with van der Waals surface area (Å²) >= 11 is 0. The third kappa shape index (κ3) is 4.41. The van der Waals surface area contributed by atoms with Gasteiger partial charge in [0.25, 0.3) is 0 Å². The SMILES string of the molecule is COC(=O)[C@@H](Cc1ccco1)C(=O)NCC1(c2cccc(C)c2)CCCC1. The number of carbonyl (C=O) groups excluding carboxylic acids is 2. The van der Waals surface area contributed by atoms with Crippen LogP contribution in [0.2, 0.25) is 0 Å². The molecular formula is C22H27NO4. The van der Waals surface area contributed by atoms with Crippen LogP contribution in [0.25, 0.3) is 0 Å². The molecule has 27 heavy (non-hydrogen) atoms. The first kappa shape index (κ1) is 19.2. The van der Waals surface area contributed by atoms with Crippen LogP contribution in [0.5, 0.6) is 0 Å². The van der Waals surface area contributed by atoms with Crippen molar-refractivity contribution in [1.29, 1.82) is 0 Å². The minimum absolute atomic E-state index is 0.0625. The molecule has 1 aromatic heterocycles. The van der Waals surface area contributed by atoms with Gasteiger partial charge in [0.15, 0.2) is 0 Å². The lowest BCUT2D eigenvalue weighted by Crippen LogP contribution is -2.44. The quantitative estimate of drug-likeness (QED) is 0.599. The van der Waals surface area contributed by atoms with Crippen LogP contribution in [-0.4, -0.2) is 25.5 Å². The summed E-state index contributed by atoms with van der Waals surface area (Å²) < 4.78 is 10.1. The van der Waals surface area contributed by atoms with Crippen molar-refractivity contribution in [2.45, 2.75) is 44.4 Å². The molecule has 0 unspecified atom stereocenters. The molecule has 1 fully saturated rings. The number of hydrogen-bond acceptors (Lipinski definition) is 4. The summed E-state index contributed by atoms with van der Waals surface area (Å²) in [6, 6.07) is 12.0. The van der Waals surface area contributed by atoms with Gasteiger partial charge in [0, 0.05) is 18.4 Å². The zero-order chi connectivity index (χ0) is 19.3. The van der Waals surface area contributed by atoms with E-state index in [2.05, 4.69) is 36.5 Å². The van der Waals surface area contributed by atoms with Crippen molar-refractivity contribution in [1.82, 2.24) is 5.32 Å². The molecule has 0 saturated heterocycles. The monoisotopic (exact) mass is 369 g/mol. The van der Waals surface area contributed by atoms with Crippen molar-refractivity contribution in [3.8, 4) is 0 Å². The fraction of sp³-hybridized carbons (Fsp3) is 0.455. The Morgan fingerprint density at radius 2 is 2.00 bits per heavy atom. The first-order valence-corrected chi connectivity index (χ1v) is 9.49. The van der Waals surface area contributed by atoms with Gasteiger partial charge in [-0.3, -0.25) is 9.59 Å². The van der Waals surface area contributed by atoms with Gasteiger partial charge in [-0.2, -0.15) is 0 Å². The van der Waals surface area contributed by atoms with Crippen molar-refractivity contribution in [3.63, 3.8) is 0 Å². The molecule has 1 aliphatic carbocycles. The number of furan rings is 1. The molecule has 0 bridgehead atoms. The number of esters is 1. The Balaban J connectivity index is 1.73. The van der Waals surface area contributed by atoms with Gasteiger partial charge < -0.3 is 14.5 Å². The summed E-state index contributed by atoms with van der Waals surface area (Å²) in [5.41, 5.74) is 2.42. The highest BCUT2D eigenvalue weighted by molar-refractivity contribution is 5.98.